The number of ether oxygens (including phenoxy) is 1. The third-order valence-corrected chi connectivity index (χ3v) is 4.29. The van der Waals surface area contributed by atoms with E-state index in [9.17, 15) is 13.2 Å². The monoisotopic (exact) mass is 495 g/mol. The highest BCUT2D eigenvalue weighted by molar-refractivity contribution is 7.30. The molecule has 0 radical (unpaired) electrons. The second-order valence-corrected chi connectivity index (χ2v) is 6.93. The van der Waals surface area contributed by atoms with Crippen LogP contribution in [0.25, 0.3) is 5.69 Å². The molecule has 2 aromatic heterocycles. The highest BCUT2D eigenvalue weighted by atomic mass is 35.5. The lowest BCUT2D eigenvalue weighted by Crippen LogP contribution is -2.17. The van der Waals surface area contributed by atoms with Crippen molar-refractivity contribution < 1.29 is 38.7 Å². The average molecular weight is 496 g/mol. The number of benzene rings is 1. The summed E-state index contributed by atoms with van der Waals surface area (Å²) in [7, 11) is -3.04. The van der Waals surface area contributed by atoms with Crippen LogP contribution in [0.3, 0.4) is 0 Å². The fraction of sp³-hybridized carbons (Fsp3) is 0.235. The lowest BCUT2D eigenvalue weighted by Gasteiger charge is -2.09. The van der Waals surface area contributed by atoms with Crippen molar-refractivity contribution in [1.82, 2.24) is 19.7 Å². The minimum atomic E-state index is -4.71. The number of nitrogens with one attached hydrogen (secondary N) is 1. The van der Waals surface area contributed by atoms with E-state index in [1.54, 1.807) is 24.0 Å². The lowest BCUT2D eigenvalue weighted by atomic mass is 10.2. The van der Waals surface area contributed by atoms with E-state index >= 15 is 0 Å². The molecule has 0 amide bonds. The molecule has 3 aromatic rings. The number of aromatic nitrogens is 4. The normalized spacial score (nSPS) is 11.4. The van der Waals surface area contributed by atoms with Crippen molar-refractivity contribution in [2.75, 3.05) is 11.9 Å². The highest BCUT2D eigenvalue weighted by Gasteiger charge is 2.30. The van der Waals surface area contributed by atoms with Gasteiger partial charge in [-0.05, 0) is 47.7 Å². The Labute approximate surface area is 187 Å². The first kappa shape index (κ1) is 25.4. The van der Waals surface area contributed by atoms with E-state index in [4.69, 9.17) is 26.3 Å². The van der Waals surface area contributed by atoms with E-state index < -0.39 is 14.6 Å². The third kappa shape index (κ3) is 8.36. The van der Waals surface area contributed by atoms with Crippen LogP contribution in [-0.4, -0.2) is 37.9 Å². The van der Waals surface area contributed by atoms with E-state index in [0.717, 1.165) is 5.56 Å². The Kier molecular flexibility index (Phi) is 9.29. The molecule has 0 aliphatic rings. The van der Waals surface area contributed by atoms with Gasteiger partial charge in [0.15, 0.2) is 0 Å². The van der Waals surface area contributed by atoms with Crippen molar-refractivity contribution >= 4 is 25.7 Å². The van der Waals surface area contributed by atoms with Crippen molar-refractivity contribution in [2.24, 2.45) is 0 Å². The Morgan fingerprint density at radius 1 is 1.31 bits per heavy atom. The van der Waals surface area contributed by atoms with Gasteiger partial charge in [-0.15, -0.1) is 13.2 Å². The van der Waals surface area contributed by atoms with Gasteiger partial charge in [0.1, 0.15) is 22.9 Å². The largest absolute Gasteiger partial charge is 0.573 e. The Balaban J connectivity index is 0.000000821. The number of rotatable bonds is 7. The Hall–Kier alpha value is -2.83. The molecule has 10 nitrogen and oxygen atoms in total. The van der Waals surface area contributed by atoms with Crippen LogP contribution in [0.5, 0.6) is 5.75 Å². The zero-order valence-electron chi connectivity index (χ0n) is 16.3. The molecule has 1 atom stereocenters. The standard InChI is InChI=1S/C17H15ClF3N5O.HO4P.H2/c1-11-15(18)16(24-10-23-11)22-7-6-12-8-25-26(9-12)13-2-4-14(5-3-13)27-17(19,20)21;1-4-5(2)3;/h2-5,8-10H,6-7H2,1H3,(H,22,23,24);1H;1H. The molecule has 0 saturated carbocycles. The maximum atomic E-state index is 12.2. The lowest BCUT2D eigenvalue weighted by molar-refractivity contribution is -0.274. The van der Waals surface area contributed by atoms with Crippen LogP contribution in [0.2, 0.25) is 5.02 Å². The summed E-state index contributed by atoms with van der Waals surface area (Å²) in [6, 6.07) is 5.48. The SMILES string of the molecule is Cc1ncnc(NCCc2cnn(-c3ccc(OC(F)(F)F)cc3)c2)c1Cl.O=[P+]([O-])OO.[HH]. The predicted octanol–water partition coefficient (Wildman–Crippen LogP) is 3.92. The van der Waals surface area contributed by atoms with Gasteiger partial charge in [0.05, 0.1) is 17.6 Å². The van der Waals surface area contributed by atoms with Crippen LogP contribution in [0.1, 0.15) is 12.7 Å². The van der Waals surface area contributed by atoms with Gasteiger partial charge >= 0.3 is 14.6 Å². The van der Waals surface area contributed by atoms with Gasteiger partial charge in [0, 0.05) is 18.8 Å². The van der Waals surface area contributed by atoms with E-state index in [0.29, 0.717) is 35.2 Å². The van der Waals surface area contributed by atoms with Crippen LogP contribution in [0, 0.1) is 6.92 Å². The van der Waals surface area contributed by atoms with Gasteiger partial charge < -0.3 is 14.9 Å². The fourth-order valence-corrected chi connectivity index (χ4v) is 2.50. The third-order valence-electron chi connectivity index (χ3n) is 3.71. The molecule has 1 aromatic carbocycles. The van der Waals surface area contributed by atoms with Gasteiger partial charge in [-0.3, -0.25) is 0 Å². The van der Waals surface area contributed by atoms with Gasteiger partial charge in [-0.2, -0.15) is 5.10 Å². The van der Waals surface area contributed by atoms with Gasteiger partial charge in [-0.1, -0.05) is 11.6 Å². The maximum absolute atomic E-state index is 12.2. The van der Waals surface area contributed by atoms with Crippen molar-refractivity contribution in [2.45, 2.75) is 19.7 Å². The zero-order chi connectivity index (χ0) is 23.7. The predicted molar refractivity (Wildman–Crippen MR) is 108 cm³/mol. The number of hydrogen-bond acceptors (Lipinski definition) is 9. The topological polar surface area (TPSA) is 134 Å². The number of aryl methyl sites for hydroxylation is 1. The first-order chi connectivity index (χ1) is 15.1. The van der Waals surface area contributed by atoms with Crippen LogP contribution < -0.4 is 14.9 Å². The van der Waals surface area contributed by atoms with Crippen molar-refractivity contribution in [3.63, 3.8) is 0 Å². The molecule has 0 aliphatic heterocycles. The maximum Gasteiger partial charge on any atom is 0.573 e. The fourth-order valence-electron chi connectivity index (χ4n) is 2.34. The Bertz CT molecular complexity index is 1040. The molecular weight excluding hydrogens is 478 g/mol. The smallest absolute Gasteiger partial charge is 0.565 e. The van der Waals surface area contributed by atoms with E-state index in [1.807, 2.05) is 0 Å². The summed E-state index contributed by atoms with van der Waals surface area (Å²) in [6.45, 7) is 2.38. The number of hydrogen-bond donors (Lipinski definition) is 2. The van der Waals surface area contributed by atoms with Crippen LogP contribution in [-0.2, 0) is 15.7 Å². The number of alkyl halides is 3. The summed E-state index contributed by atoms with van der Waals surface area (Å²) in [4.78, 5) is 17.0. The summed E-state index contributed by atoms with van der Waals surface area (Å²) >= 11 is 6.13. The second kappa shape index (κ2) is 11.7. The van der Waals surface area contributed by atoms with Crippen LogP contribution in [0.4, 0.5) is 19.0 Å². The average Bonchev–Trinajstić information content (AvgIpc) is 3.20. The van der Waals surface area contributed by atoms with Crippen LogP contribution >= 0.6 is 19.9 Å². The minimum Gasteiger partial charge on any atom is -0.565 e. The summed E-state index contributed by atoms with van der Waals surface area (Å²) in [5, 5.41) is 14.9. The summed E-state index contributed by atoms with van der Waals surface area (Å²) in [5.41, 5.74) is 2.26. The summed E-state index contributed by atoms with van der Waals surface area (Å²) in [5.74, 6) is 0.289. The molecule has 32 heavy (non-hydrogen) atoms. The number of nitrogens with zero attached hydrogens (tertiary/aromatic N) is 4. The van der Waals surface area contributed by atoms with Crippen molar-refractivity contribution in [3.8, 4) is 11.4 Å². The molecule has 1 unspecified atom stereocenters. The number of anilines is 1. The quantitative estimate of drug-likeness (QED) is 0.284. The van der Waals surface area contributed by atoms with Crippen molar-refractivity contribution in [3.05, 3.63) is 59.3 Å². The van der Waals surface area contributed by atoms with Crippen molar-refractivity contribution in [1.29, 1.82) is 0 Å². The molecule has 2 N–H and O–H groups in total. The molecule has 174 valence electrons. The molecular formula is C17H18ClF3N5O5P. The molecule has 0 fully saturated rings. The molecule has 0 bridgehead atoms. The van der Waals surface area contributed by atoms with Crippen LogP contribution in [0.15, 0.2) is 43.0 Å². The first-order valence-electron chi connectivity index (χ1n) is 8.65. The first-order valence-corrected chi connectivity index (χ1v) is 10.1. The summed E-state index contributed by atoms with van der Waals surface area (Å²) < 4.78 is 53.6. The molecule has 3 rings (SSSR count). The van der Waals surface area contributed by atoms with Gasteiger partial charge in [0.2, 0.25) is 0 Å². The molecule has 2 heterocycles. The van der Waals surface area contributed by atoms with E-state index in [2.05, 4.69) is 29.8 Å². The summed E-state index contributed by atoms with van der Waals surface area (Å²) in [6.07, 6.45) is 0.879. The molecule has 0 saturated heterocycles. The Morgan fingerprint density at radius 2 is 1.97 bits per heavy atom. The van der Waals surface area contributed by atoms with Gasteiger partial charge in [-0.25, -0.2) is 19.9 Å². The van der Waals surface area contributed by atoms with E-state index in [1.165, 1.54) is 30.6 Å². The second-order valence-electron chi connectivity index (χ2n) is 5.94. The molecule has 15 heteroatoms. The zero-order valence-corrected chi connectivity index (χ0v) is 17.9. The van der Waals surface area contributed by atoms with Gasteiger partial charge in [0.25, 0.3) is 0 Å². The molecule has 0 spiro atoms. The number of halogens is 4. The van der Waals surface area contributed by atoms with E-state index in [-0.39, 0.29) is 7.18 Å². The molecule has 0 aliphatic carbocycles. The highest BCUT2D eigenvalue weighted by Crippen LogP contribution is 2.24. The minimum absolute atomic E-state index is 0. The Morgan fingerprint density at radius 3 is 2.56 bits per heavy atom.